The summed E-state index contributed by atoms with van der Waals surface area (Å²) in [4.78, 5) is 11.4. The Morgan fingerprint density at radius 1 is 0.724 bits per heavy atom. The molecule has 0 saturated carbocycles. The third-order valence-electron chi connectivity index (χ3n) is 6.80. The van der Waals surface area contributed by atoms with E-state index in [4.69, 9.17) is 0 Å². The van der Waals surface area contributed by atoms with Crippen molar-refractivity contribution in [2.75, 3.05) is 39.3 Å². The van der Waals surface area contributed by atoms with Crippen molar-refractivity contribution >= 4 is 10.9 Å². The van der Waals surface area contributed by atoms with Gasteiger partial charge in [-0.1, -0.05) is 48.5 Å². The summed E-state index contributed by atoms with van der Waals surface area (Å²) in [5.74, 6) is 0. The lowest BCUT2D eigenvalue weighted by molar-refractivity contribution is 0.0551. The van der Waals surface area contributed by atoms with Crippen LogP contribution in [0.25, 0.3) is 10.9 Å². The molecule has 2 aliphatic heterocycles. The first-order valence-electron chi connectivity index (χ1n) is 11.1. The molecule has 0 bridgehead atoms. The maximum Gasteiger partial charge on any atom is 0.0457 e. The number of likely N-dealkylation sites (tertiary alicyclic amines) is 1. The summed E-state index contributed by atoms with van der Waals surface area (Å²) in [5, 5.41) is 1.38. The minimum atomic E-state index is 0.775. The van der Waals surface area contributed by atoms with Crippen LogP contribution in [0.15, 0.2) is 60.8 Å². The van der Waals surface area contributed by atoms with Gasteiger partial charge in [-0.05, 0) is 43.1 Å². The normalized spacial score (nSPS) is 20.4. The second-order valence-electron chi connectivity index (χ2n) is 8.66. The topological polar surface area (TPSA) is 25.5 Å². The minimum Gasteiger partial charge on any atom is -0.361 e. The summed E-state index contributed by atoms with van der Waals surface area (Å²) in [5.41, 5.74) is 4.13. The Hall–Kier alpha value is -2.14. The average molecular weight is 389 g/mol. The fourth-order valence-electron chi connectivity index (χ4n) is 5.07. The molecule has 2 fully saturated rings. The predicted molar refractivity (Wildman–Crippen MR) is 120 cm³/mol. The van der Waals surface area contributed by atoms with E-state index < -0.39 is 0 Å². The second kappa shape index (κ2) is 8.70. The zero-order chi connectivity index (χ0) is 19.5. The van der Waals surface area contributed by atoms with Gasteiger partial charge in [0.25, 0.3) is 0 Å². The monoisotopic (exact) mass is 388 g/mol. The quantitative estimate of drug-likeness (QED) is 0.717. The molecular formula is C25H32N4. The Labute approximate surface area is 174 Å². The largest absolute Gasteiger partial charge is 0.361 e. The molecule has 3 aromatic rings. The van der Waals surface area contributed by atoms with Crippen LogP contribution in [0.2, 0.25) is 0 Å². The lowest BCUT2D eigenvalue weighted by Crippen LogP contribution is -2.52. The fraction of sp³-hybridized carbons (Fsp3) is 0.440. The molecule has 0 aliphatic carbocycles. The molecule has 0 spiro atoms. The molecule has 4 heteroatoms. The average Bonchev–Trinajstić information content (AvgIpc) is 3.19. The number of para-hydroxylation sites is 1. The Kier molecular flexibility index (Phi) is 5.66. The summed E-state index contributed by atoms with van der Waals surface area (Å²) in [6.07, 6.45) is 4.82. The van der Waals surface area contributed by atoms with Crippen molar-refractivity contribution in [2.24, 2.45) is 0 Å². The number of benzene rings is 2. The van der Waals surface area contributed by atoms with Gasteiger partial charge in [-0.2, -0.15) is 0 Å². The van der Waals surface area contributed by atoms with E-state index in [0.717, 1.165) is 19.1 Å². The van der Waals surface area contributed by atoms with E-state index in [1.807, 2.05) is 0 Å². The number of nitrogens with zero attached hydrogens (tertiary/aromatic N) is 3. The maximum atomic E-state index is 3.42. The van der Waals surface area contributed by atoms with Crippen LogP contribution in [0.4, 0.5) is 0 Å². The lowest BCUT2D eigenvalue weighted by atomic mass is 10.0. The molecule has 0 unspecified atom stereocenters. The van der Waals surface area contributed by atoms with Gasteiger partial charge in [0.1, 0.15) is 0 Å². The zero-order valence-electron chi connectivity index (χ0n) is 17.3. The van der Waals surface area contributed by atoms with Crippen LogP contribution in [0.5, 0.6) is 0 Å². The highest BCUT2D eigenvalue weighted by Gasteiger charge is 2.27. The van der Waals surface area contributed by atoms with Gasteiger partial charge in [-0.15, -0.1) is 0 Å². The Balaban J connectivity index is 1.09. The second-order valence-corrected chi connectivity index (χ2v) is 8.66. The number of aromatic amines is 1. The summed E-state index contributed by atoms with van der Waals surface area (Å²) >= 11 is 0. The maximum absolute atomic E-state index is 3.42. The van der Waals surface area contributed by atoms with Crippen LogP contribution in [-0.4, -0.2) is 65.0 Å². The van der Waals surface area contributed by atoms with E-state index in [2.05, 4.69) is 80.5 Å². The van der Waals surface area contributed by atoms with Crippen LogP contribution in [0.3, 0.4) is 0 Å². The molecule has 0 atom stereocenters. The van der Waals surface area contributed by atoms with Gasteiger partial charge in [-0.3, -0.25) is 14.7 Å². The van der Waals surface area contributed by atoms with Crippen LogP contribution in [0, 0.1) is 0 Å². The van der Waals surface area contributed by atoms with Gasteiger partial charge < -0.3 is 4.98 Å². The highest BCUT2D eigenvalue weighted by Crippen LogP contribution is 2.22. The summed E-state index contributed by atoms with van der Waals surface area (Å²) in [7, 11) is 0. The summed E-state index contributed by atoms with van der Waals surface area (Å²) < 4.78 is 0. The van der Waals surface area contributed by atoms with Crippen LogP contribution < -0.4 is 0 Å². The fourth-order valence-corrected chi connectivity index (χ4v) is 5.07. The number of piperidine rings is 1. The Bertz CT molecular complexity index is 903. The van der Waals surface area contributed by atoms with Crippen LogP contribution >= 0.6 is 0 Å². The van der Waals surface area contributed by atoms with Crippen molar-refractivity contribution < 1.29 is 0 Å². The lowest BCUT2D eigenvalue weighted by Gasteiger charge is -2.42. The summed E-state index contributed by atoms with van der Waals surface area (Å²) in [6.45, 7) is 9.43. The Morgan fingerprint density at radius 3 is 2.21 bits per heavy atom. The molecule has 2 aromatic carbocycles. The first kappa shape index (κ1) is 18.9. The van der Waals surface area contributed by atoms with Crippen LogP contribution in [-0.2, 0) is 13.1 Å². The zero-order valence-corrected chi connectivity index (χ0v) is 17.3. The van der Waals surface area contributed by atoms with E-state index in [-0.39, 0.29) is 0 Å². The van der Waals surface area contributed by atoms with E-state index in [9.17, 15) is 0 Å². The van der Waals surface area contributed by atoms with Gasteiger partial charge in [0, 0.05) is 62.4 Å². The van der Waals surface area contributed by atoms with Gasteiger partial charge in [0.05, 0.1) is 0 Å². The van der Waals surface area contributed by atoms with Gasteiger partial charge in [0.15, 0.2) is 0 Å². The van der Waals surface area contributed by atoms with Crippen molar-refractivity contribution in [3.05, 3.63) is 71.9 Å². The molecule has 2 aliphatic rings. The highest BCUT2D eigenvalue weighted by atomic mass is 15.3. The minimum absolute atomic E-state index is 0.775. The summed E-state index contributed by atoms with van der Waals surface area (Å²) in [6, 6.07) is 20.3. The number of H-pyrrole nitrogens is 1. The first-order valence-corrected chi connectivity index (χ1v) is 11.1. The van der Waals surface area contributed by atoms with Gasteiger partial charge in [0.2, 0.25) is 0 Å². The van der Waals surface area contributed by atoms with E-state index in [0.29, 0.717) is 0 Å². The molecule has 0 radical (unpaired) electrons. The van der Waals surface area contributed by atoms with Crippen molar-refractivity contribution in [2.45, 2.75) is 32.0 Å². The third-order valence-corrected chi connectivity index (χ3v) is 6.80. The molecule has 152 valence electrons. The van der Waals surface area contributed by atoms with Gasteiger partial charge in [-0.25, -0.2) is 0 Å². The Morgan fingerprint density at radius 2 is 1.41 bits per heavy atom. The molecule has 5 rings (SSSR count). The van der Waals surface area contributed by atoms with Crippen LogP contribution in [0.1, 0.15) is 24.0 Å². The number of piperazine rings is 1. The van der Waals surface area contributed by atoms with E-state index in [1.54, 1.807) is 0 Å². The first-order chi connectivity index (χ1) is 14.3. The molecule has 29 heavy (non-hydrogen) atoms. The van der Waals surface area contributed by atoms with Gasteiger partial charge >= 0.3 is 0 Å². The van der Waals surface area contributed by atoms with E-state index in [1.165, 1.54) is 74.1 Å². The van der Waals surface area contributed by atoms with Crippen molar-refractivity contribution in [3.63, 3.8) is 0 Å². The number of fused-ring (bicyclic) bond motifs is 1. The van der Waals surface area contributed by atoms with Crippen molar-refractivity contribution in [1.82, 2.24) is 19.7 Å². The molecular weight excluding hydrogens is 356 g/mol. The SMILES string of the molecule is c1ccc(CN2CCC(N3CCN(Cc4c[nH]c5ccccc45)CC3)CC2)cc1. The molecule has 0 amide bonds. The number of aromatic nitrogens is 1. The smallest absolute Gasteiger partial charge is 0.0457 e. The third kappa shape index (κ3) is 4.40. The number of hydrogen-bond acceptors (Lipinski definition) is 3. The highest BCUT2D eigenvalue weighted by molar-refractivity contribution is 5.82. The predicted octanol–water partition coefficient (Wildman–Crippen LogP) is 3.95. The molecule has 1 N–H and O–H groups in total. The number of nitrogens with one attached hydrogen (secondary N) is 1. The number of hydrogen-bond donors (Lipinski definition) is 1. The van der Waals surface area contributed by atoms with Crippen molar-refractivity contribution in [3.8, 4) is 0 Å². The standard InChI is InChI=1S/C25H32N4/c1-2-6-21(7-3-1)19-27-12-10-23(11-13-27)29-16-14-28(15-17-29)20-22-18-26-25-9-5-4-8-24(22)25/h1-9,18,23,26H,10-17,19-20H2. The molecule has 2 saturated heterocycles. The van der Waals surface area contributed by atoms with Crippen molar-refractivity contribution in [1.29, 1.82) is 0 Å². The number of rotatable bonds is 5. The van der Waals surface area contributed by atoms with E-state index >= 15 is 0 Å². The molecule has 4 nitrogen and oxygen atoms in total. The molecule has 3 heterocycles. The molecule has 1 aromatic heterocycles.